The van der Waals surface area contributed by atoms with Crippen molar-refractivity contribution in [3.8, 4) is 0 Å². The molecular formula is C17H18FN3O3S. The Kier molecular flexibility index (Phi) is 5.87. The summed E-state index contributed by atoms with van der Waals surface area (Å²) in [5, 5.41) is 3.78. The molecule has 0 aromatic heterocycles. The molecule has 0 aliphatic rings. The number of nitrogens with zero attached hydrogens (tertiary/aromatic N) is 2. The molecular weight excluding hydrogens is 345 g/mol. The third-order valence-corrected chi connectivity index (χ3v) is 4.42. The number of benzene rings is 2. The summed E-state index contributed by atoms with van der Waals surface area (Å²) in [6.45, 7) is 1.37. The molecule has 0 radical (unpaired) electrons. The zero-order chi connectivity index (χ0) is 18.4. The second kappa shape index (κ2) is 7.89. The molecule has 0 unspecified atom stereocenters. The van der Waals surface area contributed by atoms with Crippen molar-refractivity contribution >= 4 is 27.8 Å². The fourth-order valence-electron chi connectivity index (χ4n) is 2.03. The fraction of sp³-hybridized carbons (Fsp3) is 0.176. The van der Waals surface area contributed by atoms with Crippen LogP contribution in [0.1, 0.15) is 11.1 Å². The molecule has 25 heavy (non-hydrogen) atoms. The van der Waals surface area contributed by atoms with Crippen molar-refractivity contribution in [1.29, 1.82) is 0 Å². The van der Waals surface area contributed by atoms with Crippen LogP contribution in [0.4, 0.5) is 10.1 Å². The molecule has 0 aliphatic heterocycles. The predicted octanol–water partition coefficient (Wildman–Crippen LogP) is 2.05. The van der Waals surface area contributed by atoms with Gasteiger partial charge in [0.25, 0.3) is 5.91 Å². The zero-order valence-corrected chi connectivity index (χ0v) is 14.6. The number of amides is 1. The van der Waals surface area contributed by atoms with E-state index < -0.39 is 28.3 Å². The van der Waals surface area contributed by atoms with Gasteiger partial charge in [-0.25, -0.2) is 18.2 Å². The van der Waals surface area contributed by atoms with Gasteiger partial charge >= 0.3 is 0 Å². The molecule has 0 bridgehead atoms. The summed E-state index contributed by atoms with van der Waals surface area (Å²) in [4.78, 5) is 12.0. The van der Waals surface area contributed by atoms with Crippen molar-refractivity contribution in [2.75, 3.05) is 17.1 Å². The van der Waals surface area contributed by atoms with Crippen molar-refractivity contribution in [3.63, 3.8) is 0 Å². The van der Waals surface area contributed by atoms with Crippen molar-refractivity contribution in [2.45, 2.75) is 6.92 Å². The third kappa shape index (κ3) is 5.39. The second-order valence-corrected chi connectivity index (χ2v) is 7.33. The molecule has 2 aromatic rings. The van der Waals surface area contributed by atoms with Gasteiger partial charge in [-0.15, -0.1) is 0 Å². The largest absolute Gasteiger partial charge is 0.271 e. The summed E-state index contributed by atoms with van der Waals surface area (Å²) < 4.78 is 38.3. The van der Waals surface area contributed by atoms with E-state index >= 15 is 0 Å². The Balaban J connectivity index is 2.08. The van der Waals surface area contributed by atoms with Gasteiger partial charge in [0.15, 0.2) is 0 Å². The monoisotopic (exact) mass is 363 g/mol. The lowest BCUT2D eigenvalue weighted by atomic mass is 10.2. The van der Waals surface area contributed by atoms with Crippen LogP contribution in [0.5, 0.6) is 0 Å². The van der Waals surface area contributed by atoms with E-state index in [1.807, 2.05) is 31.2 Å². The number of halogens is 1. The molecule has 0 fully saturated rings. The number of aryl methyl sites for hydroxylation is 1. The van der Waals surface area contributed by atoms with Crippen molar-refractivity contribution in [3.05, 3.63) is 65.5 Å². The Morgan fingerprint density at radius 2 is 1.84 bits per heavy atom. The van der Waals surface area contributed by atoms with Crippen molar-refractivity contribution < 1.29 is 17.6 Å². The number of nitrogens with one attached hydrogen (secondary N) is 1. The molecule has 132 valence electrons. The van der Waals surface area contributed by atoms with Gasteiger partial charge in [0.05, 0.1) is 18.2 Å². The van der Waals surface area contributed by atoms with Crippen molar-refractivity contribution in [2.24, 2.45) is 5.10 Å². The predicted molar refractivity (Wildman–Crippen MR) is 95.5 cm³/mol. The topological polar surface area (TPSA) is 78.8 Å². The van der Waals surface area contributed by atoms with Gasteiger partial charge in [-0.3, -0.25) is 9.10 Å². The quantitative estimate of drug-likeness (QED) is 0.630. The molecule has 1 amide bonds. The van der Waals surface area contributed by atoms with E-state index in [4.69, 9.17) is 0 Å². The Morgan fingerprint density at radius 3 is 2.44 bits per heavy atom. The lowest BCUT2D eigenvalue weighted by Gasteiger charge is -2.21. The Morgan fingerprint density at radius 1 is 1.20 bits per heavy atom. The molecule has 2 aromatic carbocycles. The summed E-state index contributed by atoms with van der Waals surface area (Å²) in [6, 6.07) is 12.8. The van der Waals surface area contributed by atoms with Crippen LogP contribution in [0.3, 0.4) is 0 Å². The van der Waals surface area contributed by atoms with E-state index in [0.717, 1.165) is 23.4 Å². The Bertz CT molecular complexity index is 880. The number of para-hydroxylation sites is 1. The number of rotatable bonds is 6. The molecule has 8 heteroatoms. The first-order valence-electron chi connectivity index (χ1n) is 7.38. The maximum atomic E-state index is 13.9. The number of hydrogen-bond donors (Lipinski definition) is 1. The van der Waals surface area contributed by atoms with E-state index in [2.05, 4.69) is 10.5 Å². The second-order valence-electron chi connectivity index (χ2n) is 5.42. The van der Waals surface area contributed by atoms with Crippen LogP contribution >= 0.6 is 0 Å². The van der Waals surface area contributed by atoms with Crippen LogP contribution in [0.25, 0.3) is 0 Å². The minimum atomic E-state index is -3.84. The first kappa shape index (κ1) is 18.6. The van der Waals surface area contributed by atoms with E-state index in [1.165, 1.54) is 24.4 Å². The highest BCUT2D eigenvalue weighted by Gasteiger charge is 2.23. The highest BCUT2D eigenvalue weighted by molar-refractivity contribution is 7.92. The molecule has 2 rings (SSSR count). The van der Waals surface area contributed by atoms with Crippen LogP contribution in [0.15, 0.2) is 53.6 Å². The number of carbonyl (C=O) groups is 1. The molecule has 6 nitrogen and oxygen atoms in total. The number of hydrazone groups is 1. The number of carbonyl (C=O) groups excluding carboxylic acids is 1. The molecule has 0 atom stereocenters. The first-order chi connectivity index (χ1) is 11.8. The number of anilines is 1. The van der Waals surface area contributed by atoms with Crippen molar-refractivity contribution in [1.82, 2.24) is 5.43 Å². The average Bonchev–Trinajstić information content (AvgIpc) is 2.54. The highest BCUT2D eigenvalue weighted by Crippen LogP contribution is 2.20. The third-order valence-electron chi connectivity index (χ3n) is 3.29. The van der Waals surface area contributed by atoms with Gasteiger partial charge in [-0.05, 0) is 24.6 Å². The summed E-state index contributed by atoms with van der Waals surface area (Å²) in [6.07, 6.45) is 2.34. The van der Waals surface area contributed by atoms with E-state index in [9.17, 15) is 17.6 Å². The zero-order valence-electron chi connectivity index (χ0n) is 13.8. The Labute approximate surface area is 146 Å². The van der Waals surface area contributed by atoms with E-state index in [1.54, 1.807) is 0 Å². The van der Waals surface area contributed by atoms with Crippen LogP contribution in [0.2, 0.25) is 0 Å². The standard InChI is InChI=1S/C17H18FN3O3S/c1-13-7-9-14(10-8-13)11-19-20-17(22)12-21(25(2,23)24)16-6-4-3-5-15(16)18/h3-11H,12H2,1-2H3,(H,20,22)/b19-11-. The molecule has 0 spiro atoms. The lowest BCUT2D eigenvalue weighted by molar-refractivity contribution is -0.119. The molecule has 0 heterocycles. The summed E-state index contributed by atoms with van der Waals surface area (Å²) in [5.74, 6) is -1.42. The van der Waals surface area contributed by atoms with E-state index in [0.29, 0.717) is 4.31 Å². The van der Waals surface area contributed by atoms with Crippen LogP contribution in [-0.4, -0.2) is 33.3 Å². The molecule has 0 saturated heterocycles. The summed E-state index contributed by atoms with van der Waals surface area (Å²) in [5.41, 5.74) is 3.92. The van der Waals surface area contributed by atoms with E-state index in [-0.39, 0.29) is 5.69 Å². The normalized spacial score (nSPS) is 11.5. The fourth-order valence-corrected chi connectivity index (χ4v) is 2.89. The summed E-state index contributed by atoms with van der Waals surface area (Å²) in [7, 11) is -3.84. The minimum absolute atomic E-state index is 0.192. The molecule has 1 N–H and O–H groups in total. The van der Waals surface area contributed by atoms with Gasteiger partial charge in [-0.1, -0.05) is 42.0 Å². The van der Waals surface area contributed by atoms with Gasteiger partial charge < -0.3 is 0 Å². The Hall–Kier alpha value is -2.74. The van der Waals surface area contributed by atoms with Gasteiger partial charge in [0.2, 0.25) is 10.0 Å². The lowest BCUT2D eigenvalue weighted by Crippen LogP contribution is -2.39. The van der Waals surface area contributed by atoms with Crippen LogP contribution in [-0.2, 0) is 14.8 Å². The highest BCUT2D eigenvalue weighted by atomic mass is 32.2. The smallest absolute Gasteiger partial charge is 0.260 e. The molecule has 0 saturated carbocycles. The molecule has 0 aliphatic carbocycles. The van der Waals surface area contributed by atoms with Gasteiger partial charge in [-0.2, -0.15) is 5.10 Å². The average molecular weight is 363 g/mol. The van der Waals surface area contributed by atoms with Gasteiger partial charge in [0, 0.05) is 0 Å². The number of sulfonamides is 1. The number of hydrogen-bond acceptors (Lipinski definition) is 4. The first-order valence-corrected chi connectivity index (χ1v) is 9.23. The minimum Gasteiger partial charge on any atom is -0.271 e. The summed E-state index contributed by atoms with van der Waals surface area (Å²) >= 11 is 0. The van der Waals surface area contributed by atoms with Gasteiger partial charge in [0.1, 0.15) is 12.4 Å². The van der Waals surface area contributed by atoms with Crippen LogP contribution in [0, 0.1) is 12.7 Å². The maximum absolute atomic E-state index is 13.9. The van der Waals surface area contributed by atoms with Crippen LogP contribution < -0.4 is 9.73 Å². The maximum Gasteiger partial charge on any atom is 0.260 e. The SMILES string of the molecule is Cc1ccc(/C=N\NC(=O)CN(c2ccccc2F)S(C)(=O)=O)cc1.